The van der Waals surface area contributed by atoms with Gasteiger partial charge in [-0.15, -0.1) is 0 Å². The van der Waals surface area contributed by atoms with Gasteiger partial charge in [-0.1, -0.05) is 17.7 Å². The fraction of sp³-hybridized carbons (Fsp3) is 0.400. The largest absolute Gasteiger partial charge is 0.441 e. The van der Waals surface area contributed by atoms with Crippen molar-refractivity contribution in [3.63, 3.8) is 0 Å². The van der Waals surface area contributed by atoms with Crippen LogP contribution in [0.3, 0.4) is 0 Å². The number of ketones is 1. The number of ether oxygens (including phenoxy) is 2. The van der Waals surface area contributed by atoms with Crippen molar-refractivity contribution in [2.75, 3.05) is 20.7 Å². The van der Waals surface area contributed by atoms with Crippen LogP contribution in [0, 0.1) is 0 Å². The number of hydrogen-bond donors (Lipinski definition) is 0. The zero-order valence-corrected chi connectivity index (χ0v) is 13.5. The van der Waals surface area contributed by atoms with Crippen LogP contribution >= 0.6 is 11.6 Å². The molecule has 0 amide bonds. The quantitative estimate of drug-likeness (QED) is 0.833. The Morgan fingerprint density at radius 2 is 2.00 bits per heavy atom. The Kier molecular flexibility index (Phi) is 4.91. The van der Waals surface area contributed by atoms with Crippen molar-refractivity contribution in [1.82, 2.24) is 4.90 Å². The molecule has 1 unspecified atom stereocenters. The maximum Gasteiger partial charge on any atom is 0.417 e. The third-order valence-electron chi connectivity index (χ3n) is 3.18. The minimum Gasteiger partial charge on any atom is -0.441 e. The van der Waals surface area contributed by atoms with Crippen molar-refractivity contribution in [3.8, 4) is 0 Å². The normalized spacial score (nSPS) is 18.4. The predicted molar refractivity (Wildman–Crippen MR) is 78.6 cm³/mol. The van der Waals surface area contributed by atoms with Gasteiger partial charge in [-0.3, -0.25) is 4.79 Å². The Hall–Kier alpha value is -1.73. The maximum atomic E-state index is 13.0. The molecule has 0 radical (unpaired) electrons. The molecule has 0 bridgehead atoms. The van der Waals surface area contributed by atoms with Crippen molar-refractivity contribution >= 4 is 23.0 Å². The predicted octanol–water partition coefficient (Wildman–Crippen LogP) is 3.55. The second-order valence-electron chi connectivity index (χ2n) is 5.04. The van der Waals surface area contributed by atoms with Crippen LogP contribution < -0.4 is 0 Å². The fourth-order valence-corrected chi connectivity index (χ4v) is 2.42. The van der Waals surface area contributed by atoms with Gasteiger partial charge in [-0.25, -0.2) is 0 Å². The molecular formula is C15H15ClF3NO3. The second kappa shape index (κ2) is 6.41. The number of carbonyl (C=O) groups is 1. The first-order valence-electron chi connectivity index (χ1n) is 6.78. The van der Waals surface area contributed by atoms with Gasteiger partial charge >= 0.3 is 6.18 Å². The summed E-state index contributed by atoms with van der Waals surface area (Å²) in [6.45, 7) is 1.92. The van der Waals surface area contributed by atoms with E-state index in [9.17, 15) is 18.0 Å². The van der Waals surface area contributed by atoms with E-state index < -0.39 is 28.8 Å². The molecule has 1 aliphatic heterocycles. The number of hydrogen-bond acceptors (Lipinski definition) is 4. The molecule has 1 aliphatic rings. The van der Waals surface area contributed by atoms with Crippen LogP contribution in [0.1, 0.15) is 18.1 Å². The molecule has 4 nitrogen and oxygen atoms in total. The van der Waals surface area contributed by atoms with E-state index in [1.165, 1.54) is 11.0 Å². The van der Waals surface area contributed by atoms with Gasteiger partial charge in [-0.2, -0.15) is 13.2 Å². The van der Waals surface area contributed by atoms with Crippen LogP contribution in [0.5, 0.6) is 0 Å². The van der Waals surface area contributed by atoms with E-state index in [1.54, 1.807) is 21.0 Å². The molecule has 1 aromatic carbocycles. The Morgan fingerprint density at radius 1 is 1.35 bits per heavy atom. The number of alkyl halides is 3. The molecule has 1 atom stereocenters. The highest BCUT2D eigenvalue weighted by Crippen LogP contribution is 2.38. The summed E-state index contributed by atoms with van der Waals surface area (Å²) in [6.07, 6.45) is -5.77. The highest BCUT2D eigenvalue weighted by molar-refractivity contribution is 6.31. The molecule has 1 heterocycles. The van der Waals surface area contributed by atoms with Crippen LogP contribution in [0.2, 0.25) is 5.02 Å². The van der Waals surface area contributed by atoms with E-state index in [0.717, 1.165) is 12.1 Å². The zero-order valence-electron chi connectivity index (χ0n) is 12.7. The van der Waals surface area contributed by atoms with Crippen molar-refractivity contribution in [2.24, 2.45) is 0 Å². The molecule has 0 saturated carbocycles. The first-order chi connectivity index (χ1) is 10.7. The highest BCUT2D eigenvalue weighted by Gasteiger charge is 2.39. The standard InChI is InChI=1S/C15H15ClF3NO3/c1-4-22-14-12(21)11(13(23-14)20(2)3)8-5-6-10(16)9(7-8)15(17,18)19/h5-7,14H,4H2,1-3H3. The lowest BCUT2D eigenvalue weighted by Crippen LogP contribution is -2.22. The van der Waals surface area contributed by atoms with Crippen LogP contribution in [-0.2, 0) is 20.4 Å². The minimum absolute atomic E-state index is 0.0376. The Bertz CT molecular complexity index is 656. The molecule has 0 saturated heterocycles. The van der Waals surface area contributed by atoms with E-state index in [0.29, 0.717) is 0 Å². The van der Waals surface area contributed by atoms with E-state index in [-0.39, 0.29) is 23.6 Å². The van der Waals surface area contributed by atoms with Gasteiger partial charge < -0.3 is 14.4 Å². The molecule has 1 aromatic rings. The van der Waals surface area contributed by atoms with Crippen LogP contribution in [-0.4, -0.2) is 37.7 Å². The van der Waals surface area contributed by atoms with Gasteiger partial charge in [0.1, 0.15) is 0 Å². The van der Waals surface area contributed by atoms with Crippen molar-refractivity contribution in [2.45, 2.75) is 19.4 Å². The zero-order chi connectivity index (χ0) is 17.4. The molecule has 23 heavy (non-hydrogen) atoms. The molecular weight excluding hydrogens is 335 g/mol. The lowest BCUT2D eigenvalue weighted by atomic mass is 10.00. The summed E-state index contributed by atoms with van der Waals surface area (Å²) in [7, 11) is 3.25. The van der Waals surface area contributed by atoms with Crippen LogP contribution in [0.25, 0.3) is 5.57 Å². The van der Waals surface area contributed by atoms with E-state index >= 15 is 0 Å². The summed E-state index contributed by atoms with van der Waals surface area (Å²) in [5, 5.41) is -0.430. The molecule has 0 aromatic heterocycles. The van der Waals surface area contributed by atoms with E-state index in [4.69, 9.17) is 21.1 Å². The van der Waals surface area contributed by atoms with Gasteiger partial charge in [0.25, 0.3) is 6.29 Å². The monoisotopic (exact) mass is 349 g/mol. The topological polar surface area (TPSA) is 38.8 Å². The molecule has 0 fully saturated rings. The number of rotatable bonds is 4. The van der Waals surface area contributed by atoms with Gasteiger partial charge in [0.05, 0.1) is 16.2 Å². The first-order valence-corrected chi connectivity index (χ1v) is 7.15. The van der Waals surface area contributed by atoms with Gasteiger partial charge in [0.2, 0.25) is 11.7 Å². The molecule has 0 spiro atoms. The second-order valence-corrected chi connectivity index (χ2v) is 5.44. The van der Waals surface area contributed by atoms with Crippen LogP contribution in [0.15, 0.2) is 24.1 Å². The molecule has 0 aliphatic carbocycles. The number of halogens is 4. The summed E-state index contributed by atoms with van der Waals surface area (Å²) >= 11 is 5.61. The average molecular weight is 350 g/mol. The summed E-state index contributed by atoms with van der Waals surface area (Å²) in [5.74, 6) is -0.366. The third kappa shape index (κ3) is 3.45. The minimum atomic E-state index is -4.62. The van der Waals surface area contributed by atoms with E-state index in [2.05, 4.69) is 0 Å². The van der Waals surface area contributed by atoms with Crippen molar-refractivity contribution in [1.29, 1.82) is 0 Å². The molecule has 126 valence electrons. The number of nitrogens with zero attached hydrogens (tertiary/aromatic N) is 1. The molecule has 0 N–H and O–H groups in total. The number of benzene rings is 1. The molecule has 2 rings (SSSR count). The SMILES string of the molecule is CCOC1OC(N(C)C)=C(c2ccc(Cl)c(C(F)(F)F)c2)C1=O. The van der Waals surface area contributed by atoms with Gasteiger partial charge in [-0.05, 0) is 24.6 Å². The summed E-state index contributed by atoms with van der Waals surface area (Å²) in [6, 6.07) is 3.31. The molecule has 8 heteroatoms. The van der Waals surface area contributed by atoms with Crippen LogP contribution in [0.4, 0.5) is 13.2 Å². The lowest BCUT2D eigenvalue weighted by Gasteiger charge is -2.17. The smallest absolute Gasteiger partial charge is 0.417 e. The summed E-state index contributed by atoms with van der Waals surface area (Å²) in [4.78, 5) is 13.9. The van der Waals surface area contributed by atoms with Crippen molar-refractivity contribution in [3.05, 3.63) is 40.2 Å². The van der Waals surface area contributed by atoms with Crippen molar-refractivity contribution < 1.29 is 27.4 Å². The van der Waals surface area contributed by atoms with Gasteiger partial charge in [0, 0.05) is 20.7 Å². The number of Topliss-reactive ketones (excluding diaryl/α,β-unsaturated/α-hetero) is 1. The first kappa shape index (κ1) is 17.6. The number of carbonyl (C=O) groups excluding carboxylic acids is 1. The lowest BCUT2D eigenvalue weighted by molar-refractivity contribution is -0.150. The summed E-state index contributed by atoms with van der Waals surface area (Å²) < 4.78 is 49.6. The van der Waals surface area contributed by atoms with Gasteiger partial charge in [0.15, 0.2) is 0 Å². The summed E-state index contributed by atoms with van der Waals surface area (Å²) in [5.41, 5.74) is -0.886. The fourth-order valence-electron chi connectivity index (χ4n) is 2.19. The average Bonchev–Trinajstić information content (AvgIpc) is 2.76. The maximum absolute atomic E-state index is 13.0. The highest BCUT2D eigenvalue weighted by atomic mass is 35.5. The Balaban J connectivity index is 2.54. The Labute approximate surface area is 136 Å². The van der Waals surface area contributed by atoms with E-state index in [1.807, 2.05) is 0 Å². The third-order valence-corrected chi connectivity index (χ3v) is 3.51. The Morgan fingerprint density at radius 3 is 2.52 bits per heavy atom.